The van der Waals surface area contributed by atoms with Crippen molar-refractivity contribution in [3.05, 3.63) is 11.6 Å². The molecule has 3 nitrogen and oxygen atoms in total. The molecule has 0 aromatic heterocycles. The van der Waals surface area contributed by atoms with Crippen molar-refractivity contribution >= 4 is 11.8 Å². The summed E-state index contributed by atoms with van der Waals surface area (Å²) in [6.45, 7) is 0. The third kappa shape index (κ3) is 2.96. The molecule has 0 aromatic rings. The minimum atomic E-state index is -0.206. The van der Waals surface area contributed by atoms with Gasteiger partial charge in [-0.15, -0.1) is 0 Å². The Morgan fingerprint density at radius 2 is 2.06 bits per heavy atom. The lowest BCUT2D eigenvalue weighted by molar-refractivity contribution is -0.141. The molecule has 0 aromatic carbocycles. The Hall–Kier alpha value is -1.12. The maximum absolute atomic E-state index is 11.8. The molecule has 2 aliphatic rings. The molecule has 94 valence electrons. The standard InChI is InChI=1S/C14H20O3/c1-17-14(16)9-11-6-7-13(15)12(11)8-10-4-2-3-5-10/h8,10-11H,2-7,9H2,1H3. The van der Waals surface area contributed by atoms with Crippen LogP contribution in [-0.2, 0) is 14.3 Å². The van der Waals surface area contributed by atoms with E-state index in [2.05, 4.69) is 10.8 Å². The first kappa shape index (κ1) is 12.3. The topological polar surface area (TPSA) is 43.4 Å². The van der Waals surface area contributed by atoms with Crippen molar-refractivity contribution in [1.82, 2.24) is 0 Å². The van der Waals surface area contributed by atoms with Gasteiger partial charge < -0.3 is 4.74 Å². The molecule has 2 fully saturated rings. The summed E-state index contributed by atoms with van der Waals surface area (Å²) in [7, 11) is 1.40. The predicted molar refractivity (Wildman–Crippen MR) is 64.4 cm³/mol. The number of esters is 1. The normalized spacial score (nSPS) is 27.9. The number of Topliss-reactive ketones (excluding diaryl/α,β-unsaturated/α-hetero) is 1. The molecule has 2 aliphatic carbocycles. The molecule has 1 unspecified atom stereocenters. The number of methoxy groups -OCH3 is 1. The maximum Gasteiger partial charge on any atom is 0.306 e. The van der Waals surface area contributed by atoms with Crippen LogP contribution in [0.4, 0.5) is 0 Å². The largest absolute Gasteiger partial charge is 0.469 e. The van der Waals surface area contributed by atoms with E-state index in [1.54, 1.807) is 0 Å². The molecule has 0 amide bonds. The van der Waals surface area contributed by atoms with Gasteiger partial charge >= 0.3 is 5.97 Å². The summed E-state index contributed by atoms with van der Waals surface area (Å²) in [6.07, 6.45) is 8.85. The number of hydrogen-bond acceptors (Lipinski definition) is 3. The molecule has 0 radical (unpaired) electrons. The molecule has 0 aliphatic heterocycles. The van der Waals surface area contributed by atoms with E-state index in [4.69, 9.17) is 0 Å². The Balaban J connectivity index is 2.05. The van der Waals surface area contributed by atoms with Crippen LogP contribution in [0.1, 0.15) is 44.9 Å². The average molecular weight is 236 g/mol. The van der Waals surface area contributed by atoms with E-state index in [9.17, 15) is 9.59 Å². The number of rotatable bonds is 3. The Labute approximate surface area is 102 Å². The van der Waals surface area contributed by atoms with E-state index in [0.29, 0.717) is 18.8 Å². The van der Waals surface area contributed by atoms with Crippen molar-refractivity contribution in [2.75, 3.05) is 7.11 Å². The zero-order chi connectivity index (χ0) is 12.3. The van der Waals surface area contributed by atoms with Crippen molar-refractivity contribution in [1.29, 1.82) is 0 Å². The molecule has 2 rings (SSSR count). The molecular formula is C14H20O3. The molecule has 0 spiro atoms. The molecule has 0 N–H and O–H groups in total. The van der Waals surface area contributed by atoms with E-state index in [0.717, 1.165) is 12.0 Å². The Kier molecular flexibility index (Phi) is 3.97. The van der Waals surface area contributed by atoms with Crippen LogP contribution < -0.4 is 0 Å². The van der Waals surface area contributed by atoms with Crippen molar-refractivity contribution in [3.63, 3.8) is 0 Å². The van der Waals surface area contributed by atoms with E-state index in [1.807, 2.05) is 0 Å². The lowest BCUT2D eigenvalue weighted by Crippen LogP contribution is -2.11. The number of carbonyl (C=O) groups is 2. The molecular weight excluding hydrogens is 216 g/mol. The molecule has 0 heterocycles. The fraction of sp³-hybridized carbons (Fsp3) is 0.714. The smallest absolute Gasteiger partial charge is 0.306 e. The summed E-state index contributed by atoms with van der Waals surface area (Å²) in [4.78, 5) is 23.1. The molecule has 0 saturated heterocycles. The molecule has 17 heavy (non-hydrogen) atoms. The molecule has 3 heteroatoms. The van der Waals surface area contributed by atoms with Crippen LogP contribution in [0.25, 0.3) is 0 Å². The second kappa shape index (κ2) is 5.48. The van der Waals surface area contributed by atoms with Gasteiger partial charge in [-0.2, -0.15) is 0 Å². The van der Waals surface area contributed by atoms with Crippen molar-refractivity contribution in [2.24, 2.45) is 11.8 Å². The first-order valence-corrected chi connectivity index (χ1v) is 6.52. The van der Waals surface area contributed by atoms with Crippen LogP contribution in [0.3, 0.4) is 0 Å². The van der Waals surface area contributed by atoms with Gasteiger partial charge in [-0.25, -0.2) is 0 Å². The van der Waals surface area contributed by atoms with Gasteiger partial charge in [0.05, 0.1) is 13.5 Å². The zero-order valence-electron chi connectivity index (χ0n) is 10.4. The van der Waals surface area contributed by atoms with Gasteiger partial charge in [0.1, 0.15) is 0 Å². The average Bonchev–Trinajstić information content (AvgIpc) is 2.93. The second-order valence-corrected chi connectivity index (χ2v) is 5.11. The van der Waals surface area contributed by atoms with E-state index >= 15 is 0 Å². The van der Waals surface area contributed by atoms with Crippen molar-refractivity contribution in [3.8, 4) is 0 Å². The minimum Gasteiger partial charge on any atom is -0.469 e. The summed E-state index contributed by atoms with van der Waals surface area (Å²) >= 11 is 0. The molecule has 0 bridgehead atoms. The Bertz CT molecular complexity index is 337. The van der Waals surface area contributed by atoms with E-state index < -0.39 is 0 Å². The van der Waals surface area contributed by atoms with Crippen LogP contribution in [0.15, 0.2) is 11.6 Å². The monoisotopic (exact) mass is 236 g/mol. The molecule has 2 saturated carbocycles. The van der Waals surface area contributed by atoms with Gasteiger partial charge in [0.25, 0.3) is 0 Å². The van der Waals surface area contributed by atoms with Gasteiger partial charge in [0, 0.05) is 6.42 Å². The van der Waals surface area contributed by atoms with E-state index in [-0.39, 0.29) is 17.7 Å². The lowest BCUT2D eigenvalue weighted by atomic mass is 9.94. The van der Waals surface area contributed by atoms with Gasteiger partial charge in [0.2, 0.25) is 0 Å². The van der Waals surface area contributed by atoms with Crippen LogP contribution in [0.2, 0.25) is 0 Å². The highest BCUT2D eigenvalue weighted by atomic mass is 16.5. The minimum absolute atomic E-state index is 0.107. The highest BCUT2D eigenvalue weighted by Crippen LogP contribution is 2.35. The fourth-order valence-electron chi connectivity index (χ4n) is 2.94. The third-order valence-electron chi connectivity index (χ3n) is 3.94. The number of ketones is 1. The van der Waals surface area contributed by atoms with Crippen LogP contribution in [0.5, 0.6) is 0 Å². The SMILES string of the molecule is COC(=O)CC1CCC(=O)C1=CC1CCCC1. The van der Waals surface area contributed by atoms with E-state index in [1.165, 1.54) is 32.8 Å². The highest BCUT2D eigenvalue weighted by molar-refractivity contribution is 5.98. The van der Waals surface area contributed by atoms with Crippen LogP contribution in [0, 0.1) is 11.8 Å². The number of hydrogen-bond donors (Lipinski definition) is 0. The highest BCUT2D eigenvalue weighted by Gasteiger charge is 2.31. The summed E-state index contributed by atoms with van der Waals surface area (Å²) in [5.74, 6) is 0.704. The quantitative estimate of drug-likeness (QED) is 0.559. The van der Waals surface area contributed by atoms with Gasteiger partial charge in [-0.05, 0) is 36.7 Å². The maximum atomic E-state index is 11.8. The van der Waals surface area contributed by atoms with Gasteiger partial charge in [-0.1, -0.05) is 18.9 Å². The van der Waals surface area contributed by atoms with Crippen molar-refractivity contribution in [2.45, 2.75) is 44.9 Å². The summed E-state index contributed by atoms with van der Waals surface area (Å²) in [6, 6.07) is 0. The van der Waals surface area contributed by atoms with Crippen LogP contribution in [-0.4, -0.2) is 18.9 Å². The third-order valence-corrected chi connectivity index (χ3v) is 3.94. The van der Waals surface area contributed by atoms with Crippen LogP contribution >= 0.6 is 0 Å². The zero-order valence-corrected chi connectivity index (χ0v) is 10.4. The number of carbonyl (C=O) groups excluding carboxylic acids is 2. The fourth-order valence-corrected chi connectivity index (χ4v) is 2.94. The van der Waals surface area contributed by atoms with Gasteiger partial charge in [0.15, 0.2) is 5.78 Å². The van der Waals surface area contributed by atoms with Gasteiger partial charge in [-0.3, -0.25) is 9.59 Å². The second-order valence-electron chi connectivity index (χ2n) is 5.11. The first-order valence-electron chi connectivity index (χ1n) is 6.52. The number of ether oxygens (including phenoxy) is 1. The Morgan fingerprint density at radius 3 is 2.71 bits per heavy atom. The lowest BCUT2D eigenvalue weighted by Gasteiger charge is -2.11. The summed E-state index contributed by atoms with van der Waals surface area (Å²) < 4.78 is 4.69. The van der Waals surface area contributed by atoms with Crippen molar-refractivity contribution < 1.29 is 14.3 Å². The first-order chi connectivity index (χ1) is 8.20. The molecule has 1 atom stereocenters. The number of allylic oxidation sites excluding steroid dienone is 2. The predicted octanol–water partition coefficient (Wildman–Crippen LogP) is 2.65. The summed E-state index contributed by atoms with van der Waals surface area (Å²) in [5.41, 5.74) is 0.905. The Morgan fingerprint density at radius 1 is 1.35 bits per heavy atom. The summed E-state index contributed by atoms with van der Waals surface area (Å²) in [5, 5.41) is 0.